The number of nitrogens with zero attached hydrogens (tertiary/aromatic N) is 1. The van der Waals surface area contributed by atoms with E-state index in [9.17, 15) is 9.90 Å². The Kier molecular flexibility index (Phi) is 6.42. The van der Waals surface area contributed by atoms with Crippen LogP contribution in [-0.2, 0) is 0 Å². The van der Waals surface area contributed by atoms with Crippen molar-refractivity contribution in [3.63, 3.8) is 0 Å². The van der Waals surface area contributed by atoms with E-state index in [0.717, 1.165) is 23.0 Å². The predicted octanol–water partition coefficient (Wildman–Crippen LogP) is 2.07. The van der Waals surface area contributed by atoms with E-state index in [1.165, 1.54) is 6.07 Å². The molecule has 5 heteroatoms. The first kappa shape index (κ1) is 15.2. The fraction of sp³-hybridized carbons (Fsp3) is 0.462. The number of aromatic hydroxyl groups is 1. The van der Waals surface area contributed by atoms with Gasteiger partial charge in [-0.1, -0.05) is 0 Å². The van der Waals surface area contributed by atoms with Crippen molar-refractivity contribution < 1.29 is 9.90 Å². The third kappa shape index (κ3) is 5.22. The number of phenolic OH excluding ortho intramolecular Hbond substituents is 1. The number of benzene rings is 1. The molecule has 0 aliphatic heterocycles. The maximum atomic E-state index is 11.8. The molecule has 4 nitrogen and oxygen atoms in total. The lowest BCUT2D eigenvalue weighted by atomic mass is 10.2. The SMILES string of the molecule is CN(C)CCCCNC(=O)c1ccc(I)c(O)c1. The molecule has 1 aromatic rings. The lowest BCUT2D eigenvalue weighted by molar-refractivity contribution is 0.0952. The molecule has 1 amide bonds. The fourth-order valence-electron chi connectivity index (χ4n) is 1.51. The van der Waals surface area contributed by atoms with Crippen LogP contribution < -0.4 is 5.32 Å². The van der Waals surface area contributed by atoms with Crippen LogP contribution in [0.1, 0.15) is 23.2 Å². The third-order valence-corrected chi connectivity index (χ3v) is 3.44. The highest BCUT2D eigenvalue weighted by Gasteiger charge is 2.07. The van der Waals surface area contributed by atoms with Crippen molar-refractivity contribution in [3.05, 3.63) is 27.3 Å². The summed E-state index contributed by atoms with van der Waals surface area (Å²) in [6.45, 7) is 1.69. The number of hydrogen-bond donors (Lipinski definition) is 2. The largest absolute Gasteiger partial charge is 0.507 e. The van der Waals surface area contributed by atoms with E-state index < -0.39 is 0 Å². The van der Waals surface area contributed by atoms with Gasteiger partial charge in [-0.25, -0.2) is 0 Å². The van der Waals surface area contributed by atoms with Crippen LogP contribution in [0.15, 0.2) is 18.2 Å². The van der Waals surface area contributed by atoms with Crippen molar-refractivity contribution in [2.24, 2.45) is 0 Å². The molecule has 0 heterocycles. The van der Waals surface area contributed by atoms with Crippen LogP contribution in [0.5, 0.6) is 5.75 Å². The predicted molar refractivity (Wildman–Crippen MR) is 80.9 cm³/mol. The van der Waals surface area contributed by atoms with Crippen LogP contribution in [0, 0.1) is 3.57 Å². The number of phenols is 1. The van der Waals surface area contributed by atoms with Gasteiger partial charge in [0, 0.05) is 12.1 Å². The molecule has 0 unspecified atom stereocenters. The fourth-order valence-corrected chi connectivity index (χ4v) is 1.85. The first-order chi connectivity index (χ1) is 8.50. The molecule has 100 valence electrons. The molecule has 0 radical (unpaired) electrons. The van der Waals surface area contributed by atoms with E-state index in [-0.39, 0.29) is 11.7 Å². The molecule has 0 fully saturated rings. The normalized spacial score (nSPS) is 10.7. The van der Waals surface area contributed by atoms with E-state index in [2.05, 4.69) is 10.2 Å². The van der Waals surface area contributed by atoms with Gasteiger partial charge in [-0.2, -0.15) is 0 Å². The number of carbonyl (C=O) groups excluding carboxylic acids is 1. The molecular formula is C13H19IN2O2. The van der Waals surface area contributed by atoms with E-state index in [4.69, 9.17) is 0 Å². The third-order valence-electron chi connectivity index (χ3n) is 2.53. The molecular weight excluding hydrogens is 343 g/mol. The minimum atomic E-state index is -0.133. The number of hydrogen-bond acceptors (Lipinski definition) is 3. The highest BCUT2D eigenvalue weighted by Crippen LogP contribution is 2.20. The molecule has 2 N–H and O–H groups in total. The molecule has 0 aliphatic rings. The highest BCUT2D eigenvalue weighted by atomic mass is 127. The Hall–Kier alpha value is -0.820. The van der Waals surface area contributed by atoms with Gasteiger partial charge in [-0.3, -0.25) is 4.79 Å². The van der Waals surface area contributed by atoms with Crippen LogP contribution in [0.4, 0.5) is 0 Å². The average molecular weight is 362 g/mol. The number of nitrogens with one attached hydrogen (secondary N) is 1. The van der Waals surface area contributed by atoms with Crippen LogP contribution in [-0.4, -0.2) is 43.1 Å². The summed E-state index contributed by atoms with van der Waals surface area (Å²) in [6.07, 6.45) is 2.02. The Morgan fingerprint density at radius 2 is 2.11 bits per heavy atom. The Bertz CT molecular complexity index is 408. The monoisotopic (exact) mass is 362 g/mol. The van der Waals surface area contributed by atoms with Crippen LogP contribution in [0.2, 0.25) is 0 Å². The second kappa shape index (κ2) is 7.58. The molecule has 1 rings (SSSR count). The second-order valence-corrected chi connectivity index (χ2v) is 5.59. The van der Waals surface area contributed by atoms with Crippen molar-refractivity contribution in [2.75, 3.05) is 27.2 Å². The second-order valence-electron chi connectivity index (χ2n) is 4.43. The van der Waals surface area contributed by atoms with Gasteiger partial charge in [0.25, 0.3) is 5.91 Å². The zero-order valence-electron chi connectivity index (χ0n) is 10.7. The lowest BCUT2D eigenvalue weighted by Gasteiger charge is -2.09. The summed E-state index contributed by atoms with van der Waals surface area (Å²) >= 11 is 2.02. The average Bonchev–Trinajstić information content (AvgIpc) is 2.31. The van der Waals surface area contributed by atoms with Gasteiger partial charge in [0.1, 0.15) is 5.75 Å². The summed E-state index contributed by atoms with van der Waals surface area (Å²) in [5, 5.41) is 12.4. The molecule has 0 atom stereocenters. The molecule has 0 spiro atoms. The summed E-state index contributed by atoms with van der Waals surface area (Å²) in [7, 11) is 4.07. The number of unbranched alkanes of at least 4 members (excludes halogenated alkanes) is 1. The van der Waals surface area contributed by atoms with E-state index in [0.29, 0.717) is 12.1 Å². The van der Waals surface area contributed by atoms with Crippen LogP contribution in [0.25, 0.3) is 0 Å². The van der Waals surface area contributed by atoms with Crippen molar-refractivity contribution >= 4 is 28.5 Å². The van der Waals surface area contributed by atoms with E-state index >= 15 is 0 Å². The Labute approximate surface area is 122 Å². The smallest absolute Gasteiger partial charge is 0.251 e. The Morgan fingerprint density at radius 1 is 1.39 bits per heavy atom. The molecule has 0 saturated carbocycles. The number of carbonyl (C=O) groups is 1. The van der Waals surface area contributed by atoms with Gasteiger partial charge >= 0.3 is 0 Å². The van der Waals surface area contributed by atoms with Gasteiger partial charge < -0.3 is 15.3 Å². The minimum Gasteiger partial charge on any atom is -0.507 e. The molecule has 1 aromatic carbocycles. The topological polar surface area (TPSA) is 52.6 Å². The van der Waals surface area contributed by atoms with Crippen LogP contribution >= 0.6 is 22.6 Å². The molecule has 18 heavy (non-hydrogen) atoms. The quantitative estimate of drug-likeness (QED) is 0.602. The zero-order chi connectivity index (χ0) is 13.5. The van der Waals surface area contributed by atoms with Crippen LogP contribution in [0.3, 0.4) is 0 Å². The van der Waals surface area contributed by atoms with E-state index in [1.54, 1.807) is 12.1 Å². The standard InChI is InChI=1S/C13H19IN2O2/c1-16(2)8-4-3-7-15-13(18)10-5-6-11(14)12(17)9-10/h5-6,9,17H,3-4,7-8H2,1-2H3,(H,15,18). The van der Waals surface area contributed by atoms with E-state index in [1.807, 2.05) is 36.7 Å². The first-order valence-corrected chi connectivity index (χ1v) is 7.00. The minimum absolute atomic E-state index is 0.133. The maximum absolute atomic E-state index is 11.8. The zero-order valence-corrected chi connectivity index (χ0v) is 12.9. The summed E-state index contributed by atoms with van der Waals surface area (Å²) in [5.41, 5.74) is 0.500. The summed E-state index contributed by atoms with van der Waals surface area (Å²) in [6, 6.07) is 4.95. The number of rotatable bonds is 6. The number of halogens is 1. The Morgan fingerprint density at radius 3 is 2.72 bits per heavy atom. The summed E-state index contributed by atoms with van der Waals surface area (Å²) in [4.78, 5) is 13.9. The summed E-state index contributed by atoms with van der Waals surface area (Å²) < 4.78 is 0.745. The first-order valence-electron chi connectivity index (χ1n) is 5.92. The summed E-state index contributed by atoms with van der Waals surface area (Å²) in [5.74, 6) is 0.0161. The molecule has 0 saturated heterocycles. The molecule has 0 aliphatic carbocycles. The van der Waals surface area contributed by atoms with Crippen molar-refractivity contribution in [1.82, 2.24) is 10.2 Å². The molecule has 0 bridgehead atoms. The van der Waals surface area contributed by atoms with Gasteiger partial charge in [-0.15, -0.1) is 0 Å². The van der Waals surface area contributed by atoms with Crippen molar-refractivity contribution in [3.8, 4) is 5.75 Å². The lowest BCUT2D eigenvalue weighted by Crippen LogP contribution is -2.25. The Balaban J connectivity index is 2.34. The number of amides is 1. The van der Waals surface area contributed by atoms with Gasteiger partial charge in [-0.05, 0) is 74.3 Å². The van der Waals surface area contributed by atoms with Gasteiger partial charge in [0.15, 0.2) is 0 Å². The van der Waals surface area contributed by atoms with Gasteiger partial charge in [0.2, 0.25) is 0 Å². The molecule has 0 aromatic heterocycles. The maximum Gasteiger partial charge on any atom is 0.251 e. The highest BCUT2D eigenvalue weighted by molar-refractivity contribution is 14.1. The van der Waals surface area contributed by atoms with Gasteiger partial charge in [0.05, 0.1) is 3.57 Å². The van der Waals surface area contributed by atoms with Crippen molar-refractivity contribution in [1.29, 1.82) is 0 Å². The van der Waals surface area contributed by atoms with Crippen molar-refractivity contribution in [2.45, 2.75) is 12.8 Å².